The number of nitrogens with zero attached hydrogens (tertiary/aromatic N) is 1. The minimum Gasteiger partial charge on any atom is -0.408 e. The Balaban J connectivity index is 1.95. The smallest absolute Gasteiger partial charge is 0.408 e. The van der Waals surface area contributed by atoms with Crippen molar-refractivity contribution in [3.8, 4) is 0 Å². The number of halogens is 1. The molecule has 2 aromatic carbocycles. The Kier molecular flexibility index (Phi) is 4.38. The molecule has 0 radical (unpaired) electrons. The summed E-state index contributed by atoms with van der Waals surface area (Å²) in [6, 6.07) is 10.6. The van der Waals surface area contributed by atoms with E-state index in [4.69, 9.17) is 16.0 Å². The monoisotopic (exact) mass is 366 g/mol. The van der Waals surface area contributed by atoms with E-state index in [0.29, 0.717) is 28.4 Å². The lowest BCUT2D eigenvalue weighted by Gasteiger charge is -2.08. The fraction of sp³-hybridized carbons (Fsp3) is 0.188. The van der Waals surface area contributed by atoms with Gasteiger partial charge in [0, 0.05) is 17.6 Å². The Labute approximate surface area is 143 Å². The molecule has 0 aliphatic rings. The van der Waals surface area contributed by atoms with Gasteiger partial charge in [-0.1, -0.05) is 18.5 Å². The van der Waals surface area contributed by atoms with E-state index >= 15 is 0 Å². The van der Waals surface area contributed by atoms with Gasteiger partial charge >= 0.3 is 5.76 Å². The Bertz CT molecular complexity index is 1040. The molecule has 0 amide bonds. The van der Waals surface area contributed by atoms with Gasteiger partial charge < -0.3 is 4.42 Å². The summed E-state index contributed by atoms with van der Waals surface area (Å²) in [6.45, 7) is 2.50. The highest BCUT2D eigenvalue weighted by Crippen LogP contribution is 2.22. The number of fused-ring (bicyclic) bond motifs is 1. The van der Waals surface area contributed by atoms with Crippen LogP contribution in [0.1, 0.15) is 13.3 Å². The molecular weight excluding hydrogens is 352 g/mol. The van der Waals surface area contributed by atoms with Crippen LogP contribution in [0, 0.1) is 0 Å². The van der Waals surface area contributed by atoms with Crippen LogP contribution < -0.4 is 10.5 Å². The molecule has 1 N–H and O–H groups in total. The number of benzene rings is 2. The predicted molar refractivity (Wildman–Crippen MR) is 93.0 cm³/mol. The normalized spacial score (nSPS) is 11.8. The fourth-order valence-corrected chi connectivity index (χ4v) is 3.57. The zero-order valence-corrected chi connectivity index (χ0v) is 14.4. The number of hydrogen-bond acceptors (Lipinski definition) is 4. The standard InChI is InChI=1S/C16H15ClN2O4S/c1-2-9-19-14-8-5-12(10-15(14)23-16(19)20)18-24(21,22)13-6-3-11(17)4-7-13/h3-8,10,18H,2,9H2,1H3. The largest absolute Gasteiger partial charge is 0.419 e. The number of hydrogen-bond donors (Lipinski definition) is 1. The van der Waals surface area contributed by atoms with Crippen molar-refractivity contribution in [2.45, 2.75) is 24.8 Å². The third kappa shape index (κ3) is 3.18. The van der Waals surface area contributed by atoms with Gasteiger partial charge in [0.15, 0.2) is 5.58 Å². The Morgan fingerprint density at radius 1 is 1.17 bits per heavy atom. The summed E-state index contributed by atoms with van der Waals surface area (Å²) in [6.07, 6.45) is 0.791. The average Bonchev–Trinajstić information content (AvgIpc) is 2.83. The molecule has 0 aliphatic heterocycles. The van der Waals surface area contributed by atoms with Gasteiger partial charge in [0.25, 0.3) is 10.0 Å². The summed E-state index contributed by atoms with van der Waals surface area (Å²) in [4.78, 5) is 11.9. The SMILES string of the molecule is CCCn1c(=O)oc2cc(NS(=O)(=O)c3ccc(Cl)cc3)ccc21. The molecule has 0 unspecified atom stereocenters. The Hall–Kier alpha value is -2.25. The van der Waals surface area contributed by atoms with Crippen LogP contribution in [0.15, 0.2) is 56.6 Å². The molecule has 0 saturated heterocycles. The lowest BCUT2D eigenvalue weighted by Crippen LogP contribution is -2.13. The Morgan fingerprint density at radius 2 is 1.88 bits per heavy atom. The van der Waals surface area contributed by atoms with Crippen LogP contribution in [0.5, 0.6) is 0 Å². The summed E-state index contributed by atoms with van der Waals surface area (Å²) in [5.41, 5.74) is 1.29. The maximum absolute atomic E-state index is 12.4. The van der Waals surface area contributed by atoms with Crippen LogP contribution in [0.4, 0.5) is 5.69 Å². The molecule has 0 spiro atoms. The zero-order valence-electron chi connectivity index (χ0n) is 12.8. The molecule has 0 atom stereocenters. The summed E-state index contributed by atoms with van der Waals surface area (Å²) in [5, 5.41) is 0.453. The highest BCUT2D eigenvalue weighted by molar-refractivity contribution is 7.92. The quantitative estimate of drug-likeness (QED) is 0.749. The number of nitrogens with one attached hydrogen (secondary N) is 1. The number of oxazole rings is 1. The maximum Gasteiger partial charge on any atom is 0.419 e. The predicted octanol–water partition coefficient (Wildman–Crippen LogP) is 3.46. The molecule has 0 saturated carbocycles. The molecule has 0 fully saturated rings. The highest BCUT2D eigenvalue weighted by atomic mass is 35.5. The molecule has 8 heteroatoms. The van der Waals surface area contributed by atoms with Crippen molar-refractivity contribution in [3.63, 3.8) is 0 Å². The van der Waals surface area contributed by atoms with Crippen LogP contribution in [0.2, 0.25) is 5.02 Å². The van der Waals surface area contributed by atoms with E-state index in [1.165, 1.54) is 34.9 Å². The number of sulfonamides is 1. The van der Waals surface area contributed by atoms with Gasteiger partial charge in [0.2, 0.25) is 0 Å². The van der Waals surface area contributed by atoms with Crippen molar-refractivity contribution in [1.82, 2.24) is 4.57 Å². The molecule has 24 heavy (non-hydrogen) atoms. The second kappa shape index (κ2) is 6.33. The number of anilines is 1. The van der Waals surface area contributed by atoms with Gasteiger partial charge in [0.05, 0.1) is 16.1 Å². The van der Waals surface area contributed by atoms with Crippen LogP contribution in [0.25, 0.3) is 11.1 Å². The van der Waals surface area contributed by atoms with E-state index in [0.717, 1.165) is 6.42 Å². The van der Waals surface area contributed by atoms with E-state index in [2.05, 4.69) is 4.72 Å². The van der Waals surface area contributed by atoms with Crippen LogP contribution in [-0.4, -0.2) is 13.0 Å². The third-order valence-corrected chi connectivity index (χ3v) is 5.14. The molecule has 1 aromatic heterocycles. The first-order valence-electron chi connectivity index (χ1n) is 7.32. The van der Waals surface area contributed by atoms with E-state index in [1.54, 1.807) is 12.1 Å². The second-order valence-electron chi connectivity index (χ2n) is 5.26. The highest BCUT2D eigenvalue weighted by Gasteiger charge is 2.15. The maximum atomic E-state index is 12.4. The fourth-order valence-electron chi connectivity index (χ4n) is 2.39. The third-order valence-electron chi connectivity index (χ3n) is 3.49. The zero-order chi connectivity index (χ0) is 17.3. The van der Waals surface area contributed by atoms with Crippen LogP contribution >= 0.6 is 11.6 Å². The van der Waals surface area contributed by atoms with Gasteiger partial charge in [-0.3, -0.25) is 9.29 Å². The van der Waals surface area contributed by atoms with E-state index < -0.39 is 15.8 Å². The average molecular weight is 367 g/mol. The Morgan fingerprint density at radius 3 is 2.54 bits per heavy atom. The van der Waals surface area contributed by atoms with Crippen molar-refractivity contribution >= 4 is 38.4 Å². The van der Waals surface area contributed by atoms with E-state index in [9.17, 15) is 13.2 Å². The minimum atomic E-state index is -3.75. The molecule has 3 aromatic rings. The minimum absolute atomic E-state index is 0.0944. The first-order chi connectivity index (χ1) is 11.4. The van der Waals surface area contributed by atoms with Gasteiger partial charge in [-0.05, 0) is 42.8 Å². The molecule has 0 aliphatic carbocycles. The number of rotatable bonds is 5. The van der Waals surface area contributed by atoms with Gasteiger partial charge in [-0.25, -0.2) is 13.2 Å². The van der Waals surface area contributed by atoms with Gasteiger partial charge in [0.1, 0.15) is 0 Å². The molecule has 6 nitrogen and oxygen atoms in total. The summed E-state index contributed by atoms with van der Waals surface area (Å²) < 4.78 is 33.9. The number of aromatic nitrogens is 1. The van der Waals surface area contributed by atoms with Crippen LogP contribution in [-0.2, 0) is 16.6 Å². The molecule has 3 rings (SSSR count). The molecule has 1 heterocycles. The van der Waals surface area contributed by atoms with Crippen molar-refractivity contribution in [3.05, 3.63) is 58.0 Å². The molecule has 126 valence electrons. The van der Waals surface area contributed by atoms with Crippen molar-refractivity contribution < 1.29 is 12.8 Å². The number of aryl methyl sites for hydroxylation is 1. The first kappa shape index (κ1) is 16.6. The van der Waals surface area contributed by atoms with Gasteiger partial charge in [-0.2, -0.15) is 0 Å². The van der Waals surface area contributed by atoms with Gasteiger partial charge in [-0.15, -0.1) is 0 Å². The topological polar surface area (TPSA) is 81.3 Å². The van der Waals surface area contributed by atoms with Crippen molar-refractivity contribution in [1.29, 1.82) is 0 Å². The lowest BCUT2D eigenvalue weighted by molar-refractivity contribution is 0.502. The van der Waals surface area contributed by atoms with Crippen molar-refractivity contribution in [2.24, 2.45) is 0 Å². The second-order valence-corrected chi connectivity index (χ2v) is 7.38. The lowest BCUT2D eigenvalue weighted by atomic mass is 10.3. The molecular formula is C16H15ClN2O4S. The summed E-state index contributed by atoms with van der Waals surface area (Å²) in [7, 11) is -3.75. The van der Waals surface area contributed by atoms with Crippen LogP contribution in [0.3, 0.4) is 0 Å². The van der Waals surface area contributed by atoms with E-state index in [-0.39, 0.29) is 4.90 Å². The first-order valence-corrected chi connectivity index (χ1v) is 9.18. The molecule has 0 bridgehead atoms. The summed E-state index contributed by atoms with van der Waals surface area (Å²) in [5.74, 6) is -0.454. The van der Waals surface area contributed by atoms with Crippen molar-refractivity contribution in [2.75, 3.05) is 4.72 Å². The summed E-state index contributed by atoms with van der Waals surface area (Å²) >= 11 is 5.77. The van der Waals surface area contributed by atoms with E-state index in [1.807, 2.05) is 6.92 Å².